The van der Waals surface area contributed by atoms with E-state index in [1.165, 1.54) is 25.3 Å². The number of hydrogen-bond acceptors (Lipinski definition) is 5. The van der Waals surface area contributed by atoms with Gasteiger partial charge in [0.25, 0.3) is 0 Å². The standard InChI is InChI=1S/C18H28N2O4S/c1-17(2)11-14(12-18(3,4)20(17)5)19-25(22,23)15-9-7-8-13(10-15)16(21)24-6/h7-10,14,19H,11-12H2,1-6H3. The van der Waals surface area contributed by atoms with Gasteiger partial charge >= 0.3 is 5.97 Å². The fraction of sp³-hybridized carbons (Fsp3) is 0.611. The number of likely N-dealkylation sites (tertiary alicyclic amines) is 1. The Bertz CT molecular complexity index is 738. The van der Waals surface area contributed by atoms with Crippen molar-refractivity contribution in [1.82, 2.24) is 9.62 Å². The van der Waals surface area contributed by atoms with E-state index in [9.17, 15) is 13.2 Å². The van der Waals surface area contributed by atoms with Gasteiger partial charge in [0.2, 0.25) is 10.0 Å². The molecule has 0 aromatic heterocycles. The van der Waals surface area contributed by atoms with E-state index >= 15 is 0 Å². The van der Waals surface area contributed by atoms with Crippen molar-refractivity contribution >= 4 is 16.0 Å². The van der Waals surface area contributed by atoms with Gasteiger partial charge in [-0.05, 0) is 65.8 Å². The number of sulfonamides is 1. The molecule has 0 radical (unpaired) electrons. The van der Waals surface area contributed by atoms with Gasteiger partial charge in [-0.2, -0.15) is 0 Å². The van der Waals surface area contributed by atoms with E-state index < -0.39 is 16.0 Å². The zero-order chi connectivity index (χ0) is 19.0. The molecule has 140 valence electrons. The average molecular weight is 368 g/mol. The first kappa shape index (κ1) is 19.9. The summed E-state index contributed by atoms with van der Waals surface area (Å²) in [7, 11) is -0.376. The van der Waals surface area contributed by atoms with Crippen molar-refractivity contribution in [3.63, 3.8) is 0 Å². The smallest absolute Gasteiger partial charge is 0.337 e. The highest BCUT2D eigenvalue weighted by Crippen LogP contribution is 2.37. The van der Waals surface area contributed by atoms with Gasteiger partial charge in [-0.25, -0.2) is 17.9 Å². The van der Waals surface area contributed by atoms with Crippen LogP contribution in [0.1, 0.15) is 50.9 Å². The van der Waals surface area contributed by atoms with Crippen molar-refractivity contribution in [2.45, 2.75) is 62.6 Å². The Morgan fingerprint density at radius 2 is 1.76 bits per heavy atom. The molecule has 0 atom stereocenters. The molecule has 0 spiro atoms. The Labute approximate surface area is 150 Å². The molecule has 6 nitrogen and oxygen atoms in total. The Morgan fingerprint density at radius 3 is 2.28 bits per heavy atom. The van der Waals surface area contributed by atoms with Crippen LogP contribution in [0.3, 0.4) is 0 Å². The number of carbonyl (C=O) groups excluding carboxylic acids is 1. The Morgan fingerprint density at radius 1 is 1.20 bits per heavy atom. The third-order valence-electron chi connectivity index (χ3n) is 5.20. The molecule has 1 fully saturated rings. The zero-order valence-electron chi connectivity index (χ0n) is 15.8. The van der Waals surface area contributed by atoms with Crippen LogP contribution >= 0.6 is 0 Å². The van der Waals surface area contributed by atoms with Crippen LogP contribution in [0, 0.1) is 0 Å². The minimum atomic E-state index is -3.72. The molecule has 0 bridgehead atoms. The minimum Gasteiger partial charge on any atom is -0.465 e. The van der Waals surface area contributed by atoms with E-state index in [4.69, 9.17) is 0 Å². The van der Waals surface area contributed by atoms with Crippen molar-refractivity contribution in [3.05, 3.63) is 29.8 Å². The summed E-state index contributed by atoms with van der Waals surface area (Å²) in [5, 5.41) is 0. The Kier molecular flexibility index (Phi) is 5.33. The summed E-state index contributed by atoms with van der Waals surface area (Å²) in [4.78, 5) is 14.0. The van der Waals surface area contributed by atoms with Crippen LogP contribution in [0.2, 0.25) is 0 Å². The second-order valence-corrected chi connectivity index (χ2v) is 9.64. The van der Waals surface area contributed by atoms with Gasteiger partial charge in [-0.1, -0.05) is 6.07 Å². The molecule has 1 saturated heterocycles. The number of carbonyl (C=O) groups is 1. The number of ether oxygens (including phenoxy) is 1. The average Bonchev–Trinajstić information content (AvgIpc) is 2.51. The van der Waals surface area contributed by atoms with Crippen molar-refractivity contribution < 1.29 is 17.9 Å². The first-order valence-corrected chi connectivity index (χ1v) is 9.82. The minimum absolute atomic E-state index is 0.0740. The molecule has 1 aliphatic heterocycles. The van der Waals surface area contributed by atoms with E-state index in [-0.39, 0.29) is 27.6 Å². The predicted molar refractivity (Wildman–Crippen MR) is 97.0 cm³/mol. The highest BCUT2D eigenvalue weighted by atomic mass is 32.2. The molecule has 0 amide bonds. The van der Waals surface area contributed by atoms with E-state index in [1.807, 2.05) is 0 Å². The number of hydrogen-bond donors (Lipinski definition) is 1. The first-order valence-electron chi connectivity index (χ1n) is 8.34. The molecule has 2 rings (SSSR count). The second kappa shape index (κ2) is 6.70. The molecule has 0 aliphatic carbocycles. The summed E-state index contributed by atoms with van der Waals surface area (Å²) >= 11 is 0. The third-order valence-corrected chi connectivity index (χ3v) is 6.71. The molecule has 1 aromatic rings. The fourth-order valence-electron chi connectivity index (χ4n) is 3.65. The van der Waals surface area contributed by atoms with Crippen molar-refractivity contribution in [3.8, 4) is 0 Å². The van der Waals surface area contributed by atoms with Crippen molar-refractivity contribution in [2.24, 2.45) is 0 Å². The largest absolute Gasteiger partial charge is 0.465 e. The summed E-state index contributed by atoms with van der Waals surface area (Å²) in [5.41, 5.74) is -0.0274. The lowest BCUT2D eigenvalue weighted by Crippen LogP contribution is -2.62. The maximum absolute atomic E-state index is 12.8. The lowest BCUT2D eigenvalue weighted by molar-refractivity contribution is -0.0140. The Hall–Kier alpha value is -1.44. The van der Waals surface area contributed by atoms with Crippen LogP contribution in [0.5, 0.6) is 0 Å². The topological polar surface area (TPSA) is 75.7 Å². The SMILES string of the molecule is COC(=O)c1cccc(S(=O)(=O)NC2CC(C)(C)N(C)C(C)(C)C2)c1. The van der Waals surface area contributed by atoms with Gasteiger partial charge in [0.05, 0.1) is 17.6 Å². The van der Waals surface area contributed by atoms with Crippen LogP contribution in [0.4, 0.5) is 0 Å². The van der Waals surface area contributed by atoms with Gasteiger partial charge in [-0.15, -0.1) is 0 Å². The molecule has 1 aliphatic rings. The normalized spacial score (nSPS) is 21.0. The number of nitrogens with one attached hydrogen (secondary N) is 1. The van der Waals surface area contributed by atoms with Crippen molar-refractivity contribution in [1.29, 1.82) is 0 Å². The lowest BCUT2D eigenvalue weighted by Gasteiger charge is -2.53. The molecule has 25 heavy (non-hydrogen) atoms. The summed E-state index contributed by atoms with van der Waals surface area (Å²) in [5.74, 6) is -0.557. The first-order chi connectivity index (χ1) is 11.4. The third kappa shape index (κ3) is 4.22. The van der Waals surface area contributed by atoms with E-state index in [2.05, 4.69) is 49.1 Å². The molecular weight excluding hydrogens is 340 g/mol. The number of methoxy groups -OCH3 is 1. The van der Waals surface area contributed by atoms with Crippen LogP contribution in [0.25, 0.3) is 0 Å². The number of nitrogens with zero attached hydrogens (tertiary/aromatic N) is 1. The second-order valence-electron chi connectivity index (χ2n) is 7.93. The quantitative estimate of drug-likeness (QED) is 0.826. The van der Waals surface area contributed by atoms with Crippen LogP contribution in [0.15, 0.2) is 29.2 Å². The summed E-state index contributed by atoms with van der Waals surface area (Å²) in [6.45, 7) is 8.47. The van der Waals surface area contributed by atoms with E-state index in [1.54, 1.807) is 6.07 Å². The lowest BCUT2D eigenvalue weighted by atomic mass is 9.78. The molecular formula is C18H28N2O4S. The molecule has 1 heterocycles. The number of rotatable bonds is 4. The van der Waals surface area contributed by atoms with Crippen LogP contribution < -0.4 is 4.72 Å². The highest BCUT2D eigenvalue weighted by molar-refractivity contribution is 7.89. The molecule has 0 saturated carbocycles. The van der Waals surface area contributed by atoms with Gasteiger partial charge < -0.3 is 4.74 Å². The molecule has 7 heteroatoms. The summed E-state index contributed by atoms with van der Waals surface area (Å²) in [6, 6.07) is 5.74. The number of piperidine rings is 1. The Balaban J connectivity index is 2.26. The molecule has 0 unspecified atom stereocenters. The maximum atomic E-state index is 12.8. The molecule has 1 N–H and O–H groups in total. The van der Waals surface area contributed by atoms with Crippen LogP contribution in [-0.2, 0) is 14.8 Å². The zero-order valence-corrected chi connectivity index (χ0v) is 16.6. The monoisotopic (exact) mass is 368 g/mol. The van der Waals surface area contributed by atoms with E-state index in [0.717, 1.165) is 0 Å². The fourth-order valence-corrected chi connectivity index (χ4v) is 4.93. The van der Waals surface area contributed by atoms with Gasteiger partial charge in [0, 0.05) is 17.1 Å². The van der Waals surface area contributed by atoms with Gasteiger partial charge in [-0.3, -0.25) is 4.90 Å². The van der Waals surface area contributed by atoms with Crippen LogP contribution in [-0.4, -0.2) is 50.6 Å². The maximum Gasteiger partial charge on any atom is 0.337 e. The number of esters is 1. The number of benzene rings is 1. The molecule has 1 aromatic carbocycles. The van der Waals surface area contributed by atoms with Gasteiger partial charge in [0.1, 0.15) is 0 Å². The van der Waals surface area contributed by atoms with Crippen molar-refractivity contribution in [2.75, 3.05) is 14.2 Å². The van der Waals surface area contributed by atoms with E-state index in [0.29, 0.717) is 12.8 Å². The highest BCUT2D eigenvalue weighted by Gasteiger charge is 2.44. The predicted octanol–water partition coefficient (Wildman–Crippen LogP) is 2.40. The van der Waals surface area contributed by atoms with Gasteiger partial charge in [0.15, 0.2) is 0 Å². The summed E-state index contributed by atoms with van der Waals surface area (Å²) in [6.07, 6.45) is 1.42. The summed E-state index contributed by atoms with van der Waals surface area (Å²) < 4.78 is 33.1.